The molecule has 4 rings (SSSR count). The molecule has 1 aromatic carbocycles. The van der Waals surface area contributed by atoms with Gasteiger partial charge in [-0.3, -0.25) is 14.4 Å². The average Bonchev–Trinajstić information content (AvgIpc) is 3.00. The van der Waals surface area contributed by atoms with E-state index in [1.54, 1.807) is 6.07 Å². The predicted molar refractivity (Wildman–Crippen MR) is 107 cm³/mol. The van der Waals surface area contributed by atoms with Gasteiger partial charge in [0, 0.05) is 4.88 Å². The summed E-state index contributed by atoms with van der Waals surface area (Å²) in [6.07, 6.45) is 2.67. The van der Waals surface area contributed by atoms with Crippen LogP contribution in [0.4, 0.5) is 10.7 Å². The normalized spacial score (nSPS) is 17.8. The first-order valence-electron chi connectivity index (χ1n) is 9.24. The standard InChI is InChI=1S/C20H21N3O4S/c1-10-6-7-13-12(8-10)22-19(26)14(27-13)9-16(24)23-20-17(18(21)25)11-4-2-3-5-15(11)28-20/h6-8,14H,2-5,9H2,1H3,(H2,21,25)(H,22,26)(H,23,24). The summed E-state index contributed by atoms with van der Waals surface area (Å²) in [6, 6.07) is 5.47. The molecule has 0 fully saturated rings. The summed E-state index contributed by atoms with van der Waals surface area (Å²) in [6.45, 7) is 1.92. The molecule has 146 valence electrons. The molecule has 1 aliphatic carbocycles. The van der Waals surface area contributed by atoms with Crippen LogP contribution in [0.2, 0.25) is 0 Å². The molecular weight excluding hydrogens is 378 g/mol. The van der Waals surface area contributed by atoms with Crippen LogP contribution in [0, 0.1) is 6.92 Å². The van der Waals surface area contributed by atoms with E-state index >= 15 is 0 Å². The van der Waals surface area contributed by atoms with Crippen LogP contribution in [0.5, 0.6) is 5.75 Å². The molecule has 28 heavy (non-hydrogen) atoms. The Morgan fingerprint density at radius 3 is 2.89 bits per heavy atom. The minimum Gasteiger partial charge on any atom is -0.478 e. The van der Waals surface area contributed by atoms with E-state index in [-0.39, 0.29) is 12.3 Å². The van der Waals surface area contributed by atoms with Gasteiger partial charge in [-0.15, -0.1) is 11.3 Å². The van der Waals surface area contributed by atoms with Crippen LogP contribution in [-0.2, 0) is 22.4 Å². The Morgan fingerprint density at radius 2 is 2.11 bits per heavy atom. The summed E-state index contributed by atoms with van der Waals surface area (Å²) in [5.74, 6) is -0.760. The number of hydrogen-bond acceptors (Lipinski definition) is 5. The molecule has 0 bridgehead atoms. The fourth-order valence-corrected chi connectivity index (χ4v) is 4.97. The topological polar surface area (TPSA) is 111 Å². The first-order valence-corrected chi connectivity index (χ1v) is 10.1. The third-order valence-corrected chi connectivity index (χ3v) is 6.20. The van der Waals surface area contributed by atoms with Crippen molar-refractivity contribution < 1.29 is 19.1 Å². The number of carbonyl (C=O) groups is 3. The van der Waals surface area contributed by atoms with Gasteiger partial charge in [-0.2, -0.15) is 0 Å². The minimum atomic E-state index is -0.929. The Labute approximate surface area is 166 Å². The molecule has 0 saturated heterocycles. The molecule has 2 aliphatic rings. The summed E-state index contributed by atoms with van der Waals surface area (Å²) in [5, 5.41) is 6.01. The number of nitrogens with two attached hydrogens (primary N) is 1. The van der Waals surface area contributed by atoms with Crippen LogP contribution in [0.15, 0.2) is 18.2 Å². The third-order valence-electron chi connectivity index (χ3n) is 5.00. The van der Waals surface area contributed by atoms with E-state index in [2.05, 4.69) is 10.6 Å². The van der Waals surface area contributed by atoms with Gasteiger partial charge in [0.1, 0.15) is 10.8 Å². The maximum Gasteiger partial charge on any atom is 0.266 e. The number of carbonyl (C=O) groups excluding carboxylic acids is 3. The second-order valence-corrected chi connectivity index (χ2v) is 8.23. The lowest BCUT2D eigenvalue weighted by Crippen LogP contribution is -2.39. The number of ether oxygens (including phenoxy) is 1. The molecule has 8 heteroatoms. The largest absolute Gasteiger partial charge is 0.478 e. The minimum absolute atomic E-state index is 0.153. The highest BCUT2D eigenvalue weighted by atomic mass is 32.1. The highest BCUT2D eigenvalue weighted by Gasteiger charge is 2.31. The Balaban J connectivity index is 1.49. The number of thiophene rings is 1. The number of nitrogens with one attached hydrogen (secondary N) is 2. The zero-order chi connectivity index (χ0) is 19.8. The second kappa shape index (κ2) is 7.27. The molecule has 1 atom stereocenters. The van der Waals surface area contributed by atoms with Crippen molar-refractivity contribution in [2.45, 2.75) is 45.1 Å². The van der Waals surface area contributed by atoms with Crippen LogP contribution in [0.1, 0.15) is 45.6 Å². The zero-order valence-electron chi connectivity index (χ0n) is 15.5. The van der Waals surface area contributed by atoms with Gasteiger partial charge in [-0.25, -0.2) is 0 Å². The van der Waals surface area contributed by atoms with E-state index in [4.69, 9.17) is 10.5 Å². The fraction of sp³-hybridized carbons (Fsp3) is 0.350. The lowest BCUT2D eigenvalue weighted by atomic mass is 9.95. The van der Waals surface area contributed by atoms with Crippen molar-refractivity contribution in [3.63, 3.8) is 0 Å². The van der Waals surface area contributed by atoms with Crippen molar-refractivity contribution in [3.05, 3.63) is 39.8 Å². The smallest absolute Gasteiger partial charge is 0.266 e. The van der Waals surface area contributed by atoms with E-state index < -0.39 is 17.9 Å². The summed E-state index contributed by atoms with van der Waals surface area (Å²) in [5.41, 5.74) is 8.52. The van der Waals surface area contributed by atoms with Crippen molar-refractivity contribution in [1.82, 2.24) is 0 Å². The van der Waals surface area contributed by atoms with E-state index in [0.717, 1.165) is 41.7 Å². The Bertz CT molecular complexity index is 982. The number of amides is 3. The number of rotatable bonds is 4. The van der Waals surface area contributed by atoms with Gasteiger partial charge in [0.15, 0.2) is 6.10 Å². The van der Waals surface area contributed by atoms with E-state index in [1.807, 2.05) is 19.1 Å². The molecule has 1 aliphatic heterocycles. The number of hydrogen-bond donors (Lipinski definition) is 3. The summed E-state index contributed by atoms with van der Waals surface area (Å²) in [4.78, 5) is 37.9. The van der Waals surface area contributed by atoms with E-state index in [0.29, 0.717) is 22.0 Å². The van der Waals surface area contributed by atoms with E-state index in [9.17, 15) is 14.4 Å². The van der Waals surface area contributed by atoms with Gasteiger partial charge in [0.05, 0.1) is 17.7 Å². The summed E-state index contributed by atoms with van der Waals surface area (Å²) in [7, 11) is 0. The van der Waals surface area contributed by atoms with Gasteiger partial charge >= 0.3 is 0 Å². The Kier molecular flexibility index (Phi) is 4.80. The molecule has 1 aromatic heterocycles. The Hall–Kier alpha value is -2.87. The molecule has 4 N–H and O–H groups in total. The van der Waals surface area contributed by atoms with Crippen LogP contribution in [-0.4, -0.2) is 23.8 Å². The van der Waals surface area contributed by atoms with Crippen LogP contribution >= 0.6 is 11.3 Å². The fourth-order valence-electron chi connectivity index (χ4n) is 3.66. The zero-order valence-corrected chi connectivity index (χ0v) is 16.3. The SMILES string of the molecule is Cc1ccc2c(c1)NC(=O)C(CC(=O)Nc1sc3c(c1C(N)=O)CCCC3)O2. The first-order chi connectivity index (χ1) is 13.4. The monoisotopic (exact) mass is 399 g/mol. The van der Waals surface area contributed by atoms with E-state index in [1.165, 1.54) is 11.3 Å². The van der Waals surface area contributed by atoms with Gasteiger partial charge in [-0.05, 0) is 55.9 Å². The molecule has 2 heterocycles. The molecule has 3 amide bonds. The van der Waals surface area contributed by atoms with Gasteiger partial charge in [-0.1, -0.05) is 6.07 Å². The maximum absolute atomic E-state index is 12.6. The van der Waals surface area contributed by atoms with Crippen molar-refractivity contribution in [2.24, 2.45) is 5.73 Å². The molecule has 0 radical (unpaired) electrons. The number of anilines is 2. The number of fused-ring (bicyclic) bond motifs is 2. The van der Waals surface area contributed by atoms with Crippen LogP contribution < -0.4 is 21.1 Å². The van der Waals surface area contributed by atoms with Crippen molar-refractivity contribution in [3.8, 4) is 5.75 Å². The second-order valence-electron chi connectivity index (χ2n) is 7.13. The molecule has 2 aromatic rings. The number of benzene rings is 1. The average molecular weight is 399 g/mol. The van der Waals surface area contributed by atoms with Crippen molar-refractivity contribution in [1.29, 1.82) is 0 Å². The Morgan fingerprint density at radius 1 is 1.32 bits per heavy atom. The van der Waals surface area contributed by atoms with Gasteiger partial charge < -0.3 is 21.1 Å². The van der Waals surface area contributed by atoms with Gasteiger partial charge in [0.2, 0.25) is 5.91 Å². The molecular formula is C20H21N3O4S. The van der Waals surface area contributed by atoms with Crippen LogP contribution in [0.3, 0.4) is 0 Å². The molecule has 0 saturated carbocycles. The van der Waals surface area contributed by atoms with Crippen molar-refractivity contribution >= 4 is 39.7 Å². The highest BCUT2D eigenvalue weighted by Crippen LogP contribution is 2.38. The molecule has 7 nitrogen and oxygen atoms in total. The quantitative estimate of drug-likeness (QED) is 0.734. The summed E-state index contributed by atoms with van der Waals surface area (Å²) < 4.78 is 5.71. The number of primary amides is 1. The summed E-state index contributed by atoms with van der Waals surface area (Å²) >= 11 is 1.40. The van der Waals surface area contributed by atoms with Gasteiger partial charge in [0.25, 0.3) is 11.8 Å². The highest BCUT2D eigenvalue weighted by molar-refractivity contribution is 7.17. The lowest BCUT2D eigenvalue weighted by molar-refractivity contribution is -0.128. The number of aryl methyl sites for hydroxylation is 2. The first kappa shape index (κ1) is 18.5. The lowest BCUT2D eigenvalue weighted by Gasteiger charge is -2.25. The maximum atomic E-state index is 12.6. The molecule has 1 unspecified atom stereocenters. The van der Waals surface area contributed by atoms with Crippen LogP contribution in [0.25, 0.3) is 0 Å². The van der Waals surface area contributed by atoms with Crippen molar-refractivity contribution in [2.75, 3.05) is 10.6 Å². The third kappa shape index (κ3) is 3.47. The molecule has 0 spiro atoms. The predicted octanol–water partition coefficient (Wildman–Crippen LogP) is 2.76.